The minimum atomic E-state index is -4.85. The first kappa shape index (κ1) is 14.8. The van der Waals surface area contributed by atoms with Crippen LogP contribution in [0.25, 0.3) is 0 Å². The summed E-state index contributed by atoms with van der Waals surface area (Å²) in [6.45, 7) is 0.487. The number of ketones is 1. The number of Topliss-reactive ketones (excluding diaryl/α,β-unsaturated/α-hetero) is 1. The first-order chi connectivity index (χ1) is 9.17. The highest BCUT2D eigenvalue weighted by atomic mass is 19.4. The summed E-state index contributed by atoms with van der Waals surface area (Å²) in [6.07, 6.45) is -2.74. The summed E-state index contributed by atoms with van der Waals surface area (Å²) in [5, 5.41) is 1.68. The lowest BCUT2D eigenvalue weighted by Crippen LogP contribution is -2.56. The van der Waals surface area contributed by atoms with Gasteiger partial charge in [-0.25, -0.2) is 4.79 Å². The maximum Gasteiger partial charge on any atom is 0.420 e. The number of rotatable bonds is 3. The second kappa shape index (κ2) is 4.75. The number of nitrogens with zero attached hydrogens (tertiary/aromatic N) is 1. The van der Waals surface area contributed by atoms with Gasteiger partial charge in [0, 0.05) is 18.9 Å². The highest BCUT2D eigenvalue weighted by molar-refractivity contribution is 6.07. The van der Waals surface area contributed by atoms with E-state index in [1.54, 1.807) is 5.32 Å². The Hall–Kier alpha value is -1.60. The summed E-state index contributed by atoms with van der Waals surface area (Å²) < 4.78 is 38.5. The summed E-state index contributed by atoms with van der Waals surface area (Å²) in [7, 11) is 0. The summed E-state index contributed by atoms with van der Waals surface area (Å²) >= 11 is 0. The molecule has 112 valence electrons. The van der Waals surface area contributed by atoms with Gasteiger partial charge in [-0.1, -0.05) is 0 Å². The van der Waals surface area contributed by atoms with E-state index in [9.17, 15) is 27.6 Å². The standard InChI is InChI=1S/C12H15F3N2O3/c1-11(12(13,14)15)9(19)17(10(20)16-11)6-5-7-3-2-4-8(7)18/h7H,2-6H2,1H3,(H,16,20). The number of carbonyl (C=O) groups is 3. The van der Waals surface area contributed by atoms with Gasteiger partial charge in [-0.3, -0.25) is 14.5 Å². The number of urea groups is 1. The van der Waals surface area contributed by atoms with Crippen LogP contribution in [0.5, 0.6) is 0 Å². The fraction of sp³-hybridized carbons (Fsp3) is 0.750. The van der Waals surface area contributed by atoms with Crippen molar-refractivity contribution in [1.29, 1.82) is 0 Å². The second-order valence-electron chi connectivity index (χ2n) is 5.35. The van der Waals surface area contributed by atoms with E-state index in [4.69, 9.17) is 0 Å². The van der Waals surface area contributed by atoms with E-state index in [0.29, 0.717) is 24.7 Å². The van der Waals surface area contributed by atoms with Gasteiger partial charge in [0.05, 0.1) is 0 Å². The molecule has 2 fully saturated rings. The van der Waals surface area contributed by atoms with E-state index in [1.165, 1.54) is 0 Å². The second-order valence-corrected chi connectivity index (χ2v) is 5.35. The molecule has 1 heterocycles. The summed E-state index contributed by atoms with van der Waals surface area (Å²) in [6, 6.07) is -1.06. The minimum Gasteiger partial charge on any atom is -0.316 e. The molecule has 1 N–H and O–H groups in total. The Balaban J connectivity index is 2.04. The Morgan fingerprint density at radius 2 is 2.00 bits per heavy atom. The van der Waals surface area contributed by atoms with Gasteiger partial charge in [0.25, 0.3) is 5.91 Å². The lowest BCUT2D eigenvalue weighted by molar-refractivity contribution is -0.191. The average Bonchev–Trinajstić information content (AvgIpc) is 2.81. The van der Waals surface area contributed by atoms with Crippen molar-refractivity contribution in [2.24, 2.45) is 5.92 Å². The quantitative estimate of drug-likeness (QED) is 0.804. The van der Waals surface area contributed by atoms with Crippen molar-refractivity contribution in [2.45, 2.75) is 44.3 Å². The first-order valence-corrected chi connectivity index (χ1v) is 6.40. The van der Waals surface area contributed by atoms with E-state index in [-0.39, 0.29) is 24.7 Å². The molecule has 0 aromatic carbocycles. The summed E-state index contributed by atoms with van der Waals surface area (Å²) in [5.74, 6) is -1.51. The van der Waals surface area contributed by atoms with Gasteiger partial charge in [-0.15, -0.1) is 0 Å². The Kier molecular flexibility index (Phi) is 3.51. The number of halogens is 3. The van der Waals surface area contributed by atoms with E-state index < -0.39 is 23.7 Å². The number of carbonyl (C=O) groups excluding carboxylic acids is 3. The van der Waals surface area contributed by atoms with Crippen molar-refractivity contribution >= 4 is 17.7 Å². The van der Waals surface area contributed by atoms with E-state index in [0.717, 1.165) is 6.42 Å². The third kappa shape index (κ3) is 2.27. The predicted octanol–water partition coefficient (Wildman–Crippen LogP) is 1.62. The van der Waals surface area contributed by atoms with Crippen LogP contribution >= 0.6 is 0 Å². The number of amides is 3. The predicted molar refractivity (Wildman–Crippen MR) is 61.7 cm³/mol. The van der Waals surface area contributed by atoms with Crippen molar-refractivity contribution in [3.05, 3.63) is 0 Å². The maximum atomic E-state index is 12.8. The smallest absolute Gasteiger partial charge is 0.316 e. The van der Waals surface area contributed by atoms with Gasteiger partial charge in [0.1, 0.15) is 5.78 Å². The molecule has 0 radical (unpaired) electrons. The van der Waals surface area contributed by atoms with Crippen LogP contribution in [0.2, 0.25) is 0 Å². The Morgan fingerprint density at radius 3 is 2.45 bits per heavy atom. The first-order valence-electron chi connectivity index (χ1n) is 6.40. The molecule has 8 heteroatoms. The Morgan fingerprint density at radius 1 is 1.35 bits per heavy atom. The molecule has 20 heavy (non-hydrogen) atoms. The molecule has 2 rings (SSSR count). The van der Waals surface area contributed by atoms with Crippen LogP contribution in [0.15, 0.2) is 0 Å². The molecule has 0 aromatic heterocycles. The minimum absolute atomic E-state index is 0.0515. The van der Waals surface area contributed by atoms with Crippen LogP contribution in [-0.2, 0) is 9.59 Å². The lowest BCUT2D eigenvalue weighted by Gasteiger charge is -2.24. The fourth-order valence-corrected chi connectivity index (χ4v) is 2.57. The molecule has 3 amide bonds. The molecule has 0 aromatic rings. The van der Waals surface area contributed by atoms with Crippen LogP contribution in [-0.4, -0.2) is 40.9 Å². The number of hydrogen-bond acceptors (Lipinski definition) is 3. The molecule has 1 aliphatic heterocycles. The van der Waals surface area contributed by atoms with Crippen molar-refractivity contribution in [2.75, 3.05) is 6.54 Å². The van der Waals surface area contributed by atoms with Crippen LogP contribution < -0.4 is 5.32 Å². The monoisotopic (exact) mass is 292 g/mol. The Bertz CT molecular complexity index is 463. The molecule has 0 bridgehead atoms. The van der Waals surface area contributed by atoms with Crippen molar-refractivity contribution in [1.82, 2.24) is 10.2 Å². The SMILES string of the molecule is CC1(C(F)(F)F)NC(=O)N(CCC2CCCC2=O)C1=O. The Labute approximate surface area is 113 Å². The van der Waals surface area contributed by atoms with Gasteiger partial charge in [0.2, 0.25) is 5.54 Å². The summed E-state index contributed by atoms with van der Waals surface area (Å²) in [5.41, 5.74) is -2.87. The third-order valence-electron chi connectivity index (χ3n) is 3.97. The number of nitrogens with one attached hydrogen (secondary N) is 1. The van der Waals surface area contributed by atoms with E-state index in [1.807, 2.05) is 0 Å². The normalized spacial score (nSPS) is 31.1. The number of alkyl halides is 3. The molecule has 1 aliphatic carbocycles. The molecule has 2 atom stereocenters. The van der Waals surface area contributed by atoms with Crippen LogP contribution in [0.1, 0.15) is 32.6 Å². The van der Waals surface area contributed by atoms with Crippen LogP contribution in [0.4, 0.5) is 18.0 Å². The molecule has 5 nitrogen and oxygen atoms in total. The molecule has 2 aliphatic rings. The molecule has 2 unspecified atom stereocenters. The van der Waals surface area contributed by atoms with Gasteiger partial charge < -0.3 is 5.32 Å². The van der Waals surface area contributed by atoms with Gasteiger partial charge in [0.15, 0.2) is 0 Å². The van der Waals surface area contributed by atoms with Crippen LogP contribution in [0, 0.1) is 5.92 Å². The van der Waals surface area contributed by atoms with Gasteiger partial charge in [-0.2, -0.15) is 13.2 Å². The van der Waals surface area contributed by atoms with Crippen LogP contribution in [0.3, 0.4) is 0 Å². The largest absolute Gasteiger partial charge is 0.420 e. The van der Waals surface area contributed by atoms with Crippen molar-refractivity contribution in [3.8, 4) is 0 Å². The fourth-order valence-electron chi connectivity index (χ4n) is 2.57. The molecular weight excluding hydrogens is 277 g/mol. The average molecular weight is 292 g/mol. The van der Waals surface area contributed by atoms with E-state index in [2.05, 4.69) is 0 Å². The molecule has 0 spiro atoms. The zero-order chi connectivity index (χ0) is 15.1. The molecule has 1 saturated carbocycles. The molecule has 1 saturated heterocycles. The number of hydrogen-bond donors (Lipinski definition) is 1. The zero-order valence-electron chi connectivity index (χ0n) is 10.9. The van der Waals surface area contributed by atoms with E-state index >= 15 is 0 Å². The highest BCUT2D eigenvalue weighted by Gasteiger charge is 2.64. The maximum absolute atomic E-state index is 12.8. The van der Waals surface area contributed by atoms with Crippen molar-refractivity contribution < 1.29 is 27.6 Å². The zero-order valence-corrected chi connectivity index (χ0v) is 10.9. The third-order valence-corrected chi connectivity index (χ3v) is 3.97. The number of imide groups is 1. The lowest BCUT2D eigenvalue weighted by atomic mass is 10.0. The molecular formula is C12H15F3N2O3. The summed E-state index contributed by atoms with van der Waals surface area (Å²) in [4.78, 5) is 35.4. The van der Waals surface area contributed by atoms with Gasteiger partial charge in [-0.05, 0) is 26.2 Å². The van der Waals surface area contributed by atoms with Crippen molar-refractivity contribution in [3.63, 3.8) is 0 Å². The highest BCUT2D eigenvalue weighted by Crippen LogP contribution is 2.35. The topological polar surface area (TPSA) is 66.5 Å². The van der Waals surface area contributed by atoms with Gasteiger partial charge >= 0.3 is 12.2 Å².